The van der Waals surface area contributed by atoms with Crippen LogP contribution in [0.4, 0.5) is 5.82 Å². The van der Waals surface area contributed by atoms with Crippen LogP contribution in [0.1, 0.15) is 5.56 Å². The van der Waals surface area contributed by atoms with Crippen LogP contribution in [0.3, 0.4) is 0 Å². The molecule has 6 nitrogen and oxygen atoms in total. The van der Waals surface area contributed by atoms with Crippen LogP contribution >= 0.6 is 0 Å². The number of hydrogen-bond donors (Lipinski definition) is 3. The van der Waals surface area contributed by atoms with Crippen molar-refractivity contribution in [1.82, 2.24) is 15.0 Å². The minimum absolute atomic E-state index is 0.252. The summed E-state index contributed by atoms with van der Waals surface area (Å²) in [6.07, 6.45) is 4.31. The summed E-state index contributed by atoms with van der Waals surface area (Å²) < 4.78 is 0. The van der Waals surface area contributed by atoms with Crippen molar-refractivity contribution in [2.24, 2.45) is 0 Å². The van der Waals surface area contributed by atoms with E-state index in [-0.39, 0.29) is 11.8 Å². The first-order valence-corrected chi connectivity index (χ1v) is 8.62. The van der Waals surface area contributed by atoms with E-state index in [0.29, 0.717) is 18.1 Å². The van der Waals surface area contributed by atoms with Crippen LogP contribution in [0, 0.1) is 0 Å². The largest absolute Gasteiger partial charge is 0.508 e. The summed E-state index contributed by atoms with van der Waals surface area (Å²) in [5.74, 6) is 0.810. The fourth-order valence-electron chi connectivity index (χ4n) is 3.01. The van der Waals surface area contributed by atoms with E-state index in [9.17, 15) is 10.2 Å². The molecule has 0 bridgehead atoms. The average molecular weight is 358 g/mol. The number of phenols is 1. The minimum atomic E-state index is -0.273. The maximum atomic E-state index is 9.97. The fourth-order valence-corrected chi connectivity index (χ4v) is 3.01. The molecule has 0 aliphatic rings. The number of aromatic nitrogens is 3. The molecule has 0 saturated carbocycles. The summed E-state index contributed by atoms with van der Waals surface area (Å²) >= 11 is 0. The highest BCUT2D eigenvalue weighted by atomic mass is 16.3. The maximum absolute atomic E-state index is 9.97. The van der Waals surface area contributed by atoms with Crippen molar-refractivity contribution >= 4 is 16.6 Å². The van der Waals surface area contributed by atoms with E-state index in [4.69, 9.17) is 0 Å². The maximum Gasteiger partial charge on any atom is 0.316 e. The van der Waals surface area contributed by atoms with Crippen LogP contribution in [-0.4, -0.2) is 31.7 Å². The summed E-state index contributed by atoms with van der Waals surface area (Å²) in [6.45, 7) is 0.639. The Balaban J connectivity index is 1.57. The standard InChI is InChI=1S/C21H18N4O2/c26-16-6-4-14(5-7-16)8-11-23-20-12-19(24-21(27)25-20)18-3-1-2-15-13-22-10-9-17(15)18/h1-7,9-10,12-13,26H,8,11H2,(H2,23,24,25,27). The van der Waals surface area contributed by atoms with Crippen molar-refractivity contribution in [3.63, 3.8) is 0 Å². The van der Waals surface area contributed by atoms with E-state index < -0.39 is 0 Å². The van der Waals surface area contributed by atoms with E-state index >= 15 is 0 Å². The first kappa shape index (κ1) is 16.8. The Labute approximate surface area is 156 Å². The van der Waals surface area contributed by atoms with Crippen molar-refractivity contribution in [3.05, 3.63) is 72.6 Å². The molecule has 0 radical (unpaired) electrons. The van der Waals surface area contributed by atoms with Gasteiger partial charge in [0.05, 0.1) is 5.69 Å². The van der Waals surface area contributed by atoms with Crippen molar-refractivity contribution in [2.75, 3.05) is 11.9 Å². The number of fused-ring (bicyclic) bond motifs is 1. The molecule has 2 aromatic heterocycles. The molecule has 0 aliphatic heterocycles. The molecule has 0 spiro atoms. The second-order valence-corrected chi connectivity index (χ2v) is 6.18. The molecule has 134 valence electrons. The first-order valence-electron chi connectivity index (χ1n) is 8.62. The third-order valence-electron chi connectivity index (χ3n) is 4.33. The third kappa shape index (κ3) is 3.79. The van der Waals surface area contributed by atoms with Crippen molar-refractivity contribution in [1.29, 1.82) is 0 Å². The smallest absolute Gasteiger partial charge is 0.316 e. The van der Waals surface area contributed by atoms with Gasteiger partial charge in [0.25, 0.3) is 0 Å². The third-order valence-corrected chi connectivity index (χ3v) is 4.33. The van der Waals surface area contributed by atoms with Crippen LogP contribution < -0.4 is 5.32 Å². The lowest BCUT2D eigenvalue weighted by Gasteiger charge is -2.10. The van der Waals surface area contributed by atoms with Gasteiger partial charge in [-0.2, -0.15) is 9.97 Å². The molecule has 27 heavy (non-hydrogen) atoms. The zero-order valence-electron chi connectivity index (χ0n) is 14.5. The van der Waals surface area contributed by atoms with Crippen LogP contribution in [0.5, 0.6) is 11.8 Å². The topological polar surface area (TPSA) is 91.2 Å². The minimum Gasteiger partial charge on any atom is -0.508 e. The van der Waals surface area contributed by atoms with E-state index in [1.165, 1.54) is 0 Å². The Morgan fingerprint density at radius 2 is 1.78 bits per heavy atom. The number of rotatable bonds is 5. The van der Waals surface area contributed by atoms with E-state index in [2.05, 4.69) is 20.3 Å². The van der Waals surface area contributed by atoms with Crippen molar-refractivity contribution in [2.45, 2.75) is 6.42 Å². The van der Waals surface area contributed by atoms with Gasteiger partial charge < -0.3 is 15.5 Å². The van der Waals surface area contributed by atoms with E-state index in [0.717, 1.165) is 28.3 Å². The van der Waals surface area contributed by atoms with Crippen LogP contribution in [0.2, 0.25) is 0 Å². The number of phenolic OH excluding ortho intramolecular Hbond substituents is 1. The Morgan fingerprint density at radius 1 is 0.926 bits per heavy atom. The van der Waals surface area contributed by atoms with Crippen molar-refractivity contribution in [3.8, 4) is 23.0 Å². The fraction of sp³-hybridized carbons (Fsp3) is 0.0952. The van der Waals surface area contributed by atoms with Gasteiger partial charge in [0.2, 0.25) is 0 Å². The summed E-state index contributed by atoms with van der Waals surface area (Å²) in [4.78, 5) is 12.4. The second kappa shape index (κ2) is 7.29. The Bertz CT molecular complexity index is 1080. The number of benzene rings is 2. The van der Waals surface area contributed by atoms with Gasteiger partial charge in [0, 0.05) is 36.0 Å². The van der Waals surface area contributed by atoms with Crippen LogP contribution in [0.25, 0.3) is 22.0 Å². The normalized spacial score (nSPS) is 10.8. The lowest BCUT2D eigenvalue weighted by atomic mass is 10.0. The summed E-state index contributed by atoms with van der Waals surface area (Å²) in [6, 6.07) is 16.5. The second-order valence-electron chi connectivity index (χ2n) is 6.18. The van der Waals surface area contributed by atoms with Gasteiger partial charge in [-0.25, -0.2) is 0 Å². The molecule has 4 rings (SSSR count). The number of aromatic hydroxyl groups is 2. The van der Waals surface area contributed by atoms with Gasteiger partial charge in [-0.15, -0.1) is 0 Å². The SMILES string of the molecule is Oc1ccc(CCNc2cc(-c3cccc4cnccc34)nc(O)n2)cc1. The number of nitrogens with zero attached hydrogens (tertiary/aromatic N) is 3. The number of hydrogen-bond acceptors (Lipinski definition) is 6. The molecule has 2 heterocycles. The molecule has 0 aliphatic carbocycles. The molecule has 0 unspecified atom stereocenters. The number of pyridine rings is 1. The summed E-state index contributed by atoms with van der Waals surface area (Å²) in [5.41, 5.74) is 2.65. The molecule has 0 atom stereocenters. The van der Waals surface area contributed by atoms with E-state index in [1.807, 2.05) is 42.5 Å². The van der Waals surface area contributed by atoms with Gasteiger partial charge in [-0.3, -0.25) is 4.98 Å². The molecule has 2 aromatic carbocycles. The Hall–Kier alpha value is -3.67. The van der Waals surface area contributed by atoms with E-state index in [1.54, 1.807) is 24.5 Å². The number of anilines is 1. The van der Waals surface area contributed by atoms with Gasteiger partial charge in [-0.1, -0.05) is 30.3 Å². The zero-order valence-corrected chi connectivity index (χ0v) is 14.5. The molecular formula is C21H18N4O2. The zero-order chi connectivity index (χ0) is 18.6. The quantitative estimate of drug-likeness (QED) is 0.503. The molecule has 0 saturated heterocycles. The molecular weight excluding hydrogens is 340 g/mol. The lowest BCUT2D eigenvalue weighted by Crippen LogP contribution is -2.07. The van der Waals surface area contributed by atoms with Gasteiger partial charge in [0.15, 0.2) is 0 Å². The van der Waals surface area contributed by atoms with Gasteiger partial charge >= 0.3 is 6.01 Å². The first-order chi connectivity index (χ1) is 13.2. The predicted octanol–water partition coefficient (Wildman–Crippen LogP) is 3.76. The van der Waals surface area contributed by atoms with Crippen molar-refractivity contribution < 1.29 is 10.2 Å². The predicted molar refractivity (Wildman–Crippen MR) is 105 cm³/mol. The Kier molecular flexibility index (Phi) is 4.53. The summed E-state index contributed by atoms with van der Waals surface area (Å²) in [5, 5.41) is 24.6. The average Bonchev–Trinajstić information content (AvgIpc) is 2.69. The van der Waals surface area contributed by atoms with Gasteiger partial charge in [-0.05, 0) is 35.6 Å². The summed E-state index contributed by atoms with van der Waals surface area (Å²) in [7, 11) is 0. The van der Waals surface area contributed by atoms with Crippen LogP contribution in [-0.2, 0) is 6.42 Å². The Morgan fingerprint density at radius 3 is 2.63 bits per heavy atom. The monoisotopic (exact) mass is 358 g/mol. The molecule has 6 heteroatoms. The molecule has 0 amide bonds. The number of nitrogens with one attached hydrogen (secondary N) is 1. The van der Waals surface area contributed by atoms with Crippen LogP contribution in [0.15, 0.2) is 67.0 Å². The lowest BCUT2D eigenvalue weighted by molar-refractivity contribution is 0.432. The highest BCUT2D eigenvalue weighted by molar-refractivity contribution is 5.95. The molecule has 0 fully saturated rings. The van der Waals surface area contributed by atoms with Gasteiger partial charge in [0.1, 0.15) is 11.6 Å². The highest BCUT2D eigenvalue weighted by Gasteiger charge is 2.09. The molecule has 4 aromatic rings. The molecule has 3 N–H and O–H groups in total. The highest BCUT2D eigenvalue weighted by Crippen LogP contribution is 2.28.